The van der Waals surface area contributed by atoms with Crippen molar-refractivity contribution in [1.29, 1.82) is 0 Å². The summed E-state index contributed by atoms with van der Waals surface area (Å²) in [6.07, 6.45) is 2.35. The molecule has 0 spiro atoms. The number of ether oxygens (including phenoxy) is 2. The van der Waals surface area contributed by atoms with E-state index < -0.39 is 0 Å². The molecule has 0 saturated heterocycles. The van der Waals surface area contributed by atoms with E-state index in [0.717, 1.165) is 48.0 Å². The summed E-state index contributed by atoms with van der Waals surface area (Å²) in [6.45, 7) is 10.2. The second-order valence-corrected chi connectivity index (χ2v) is 9.13. The third-order valence-corrected chi connectivity index (χ3v) is 5.53. The van der Waals surface area contributed by atoms with Crippen LogP contribution in [0.3, 0.4) is 0 Å². The quantitative estimate of drug-likeness (QED) is 0.857. The number of hydrogen-bond acceptors (Lipinski definition) is 5. The molecule has 29 heavy (non-hydrogen) atoms. The Morgan fingerprint density at radius 1 is 1.24 bits per heavy atom. The number of aromatic nitrogens is 3. The molecular formula is C22H30N4O3. The largest absolute Gasteiger partial charge is 0.486 e. The van der Waals surface area contributed by atoms with Crippen LogP contribution in [0.25, 0.3) is 0 Å². The highest BCUT2D eigenvalue weighted by atomic mass is 16.6. The average Bonchev–Trinajstić information content (AvgIpc) is 3.11. The van der Waals surface area contributed by atoms with Crippen LogP contribution < -0.4 is 14.8 Å². The number of nitrogens with zero attached hydrogens (tertiary/aromatic N) is 3. The monoisotopic (exact) mass is 398 g/mol. The predicted octanol–water partition coefficient (Wildman–Crippen LogP) is 2.66. The van der Waals surface area contributed by atoms with Gasteiger partial charge in [-0.25, -0.2) is 0 Å². The Morgan fingerprint density at radius 2 is 2.00 bits per heavy atom. The van der Waals surface area contributed by atoms with E-state index in [-0.39, 0.29) is 23.3 Å². The lowest BCUT2D eigenvalue weighted by Gasteiger charge is -2.28. The molecular weight excluding hydrogens is 368 g/mol. The van der Waals surface area contributed by atoms with E-state index in [0.29, 0.717) is 19.8 Å². The molecule has 3 heterocycles. The van der Waals surface area contributed by atoms with Crippen LogP contribution >= 0.6 is 0 Å². The van der Waals surface area contributed by atoms with Crippen molar-refractivity contribution in [3.63, 3.8) is 0 Å². The Morgan fingerprint density at radius 3 is 2.76 bits per heavy atom. The van der Waals surface area contributed by atoms with Gasteiger partial charge in [0.2, 0.25) is 5.91 Å². The molecule has 2 atom stereocenters. The number of nitrogens with one attached hydrogen (secondary N) is 1. The summed E-state index contributed by atoms with van der Waals surface area (Å²) in [6, 6.07) is 6.03. The molecule has 1 N–H and O–H groups in total. The molecule has 4 rings (SSSR count). The van der Waals surface area contributed by atoms with Gasteiger partial charge in [0.15, 0.2) is 11.5 Å². The van der Waals surface area contributed by atoms with Crippen LogP contribution in [-0.2, 0) is 29.6 Å². The fourth-order valence-electron chi connectivity index (χ4n) is 4.08. The van der Waals surface area contributed by atoms with Crippen LogP contribution in [-0.4, -0.2) is 39.9 Å². The van der Waals surface area contributed by atoms with Gasteiger partial charge in [0.25, 0.3) is 0 Å². The zero-order valence-corrected chi connectivity index (χ0v) is 17.7. The van der Waals surface area contributed by atoms with Crippen LogP contribution in [0.5, 0.6) is 11.5 Å². The fourth-order valence-corrected chi connectivity index (χ4v) is 4.08. The molecule has 2 aliphatic heterocycles. The van der Waals surface area contributed by atoms with Gasteiger partial charge < -0.3 is 19.4 Å². The van der Waals surface area contributed by atoms with Crippen molar-refractivity contribution in [3.8, 4) is 11.5 Å². The standard InChI is InChI=1S/C22H30N4O3/c1-14(11-15-5-7-17-18(12-15)29-10-9-28-17)23-20(27)16-6-8-19-24-25-21(22(2,3)4)26(19)13-16/h5,7,12,14,16H,6,8-11,13H2,1-4H3,(H,23,27)/t14-,16?/m1/s1. The van der Waals surface area contributed by atoms with Gasteiger partial charge in [-0.15, -0.1) is 10.2 Å². The Bertz CT molecular complexity index is 900. The molecule has 0 fully saturated rings. The van der Waals surface area contributed by atoms with Crippen LogP contribution in [0.4, 0.5) is 0 Å². The minimum absolute atomic E-state index is 0.0365. The summed E-state index contributed by atoms with van der Waals surface area (Å²) < 4.78 is 13.4. The van der Waals surface area contributed by atoms with Crippen molar-refractivity contribution in [2.24, 2.45) is 5.92 Å². The lowest BCUT2D eigenvalue weighted by molar-refractivity contribution is -0.126. The van der Waals surface area contributed by atoms with Gasteiger partial charge in [-0.1, -0.05) is 26.8 Å². The molecule has 156 valence electrons. The highest BCUT2D eigenvalue weighted by molar-refractivity contribution is 5.79. The number of rotatable bonds is 4. The van der Waals surface area contributed by atoms with E-state index in [2.05, 4.69) is 40.9 Å². The second kappa shape index (κ2) is 7.69. The van der Waals surface area contributed by atoms with Gasteiger partial charge in [0, 0.05) is 24.4 Å². The topological polar surface area (TPSA) is 78.3 Å². The molecule has 1 unspecified atom stereocenters. The molecule has 0 bridgehead atoms. The zero-order valence-electron chi connectivity index (χ0n) is 17.7. The number of amides is 1. The third kappa shape index (κ3) is 4.23. The number of fused-ring (bicyclic) bond motifs is 2. The normalized spacial score (nSPS) is 19.4. The summed E-state index contributed by atoms with van der Waals surface area (Å²) in [4.78, 5) is 12.9. The van der Waals surface area contributed by atoms with E-state index in [1.165, 1.54) is 0 Å². The van der Waals surface area contributed by atoms with E-state index in [9.17, 15) is 4.79 Å². The first-order chi connectivity index (χ1) is 13.8. The van der Waals surface area contributed by atoms with Crippen LogP contribution in [0.2, 0.25) is 0 Å². The van der Waals surface area contributed by atoms with E-state index in [1.807, 2.05) is 25.1 Å². The fraction of sp³-hybridized carbons (Fsp3) is 0.591. The second-order valence-electron chi connectivity index (χ2n) is 9.13. The van der Waals surface area contributed by atoms with Crippen LogP contribution in [0.1, 0.15) is 51.3 Å². The summed E-state index contributed by atoms with van der Waals surface area (Å²) in [7, 11) is 0. The molecule has 0 saturated carbocycles. The Labute approximate surface area is 171 Å². The Hall–Kier alpha value is -2.57. The van der Waals surface area contributed by atoms with Crippen molar-refractivity contribution in [2.75, 3.05) is 13.2 Å². The summed E-state index contributed by atoms with van der Waals surface area (Å²) in [5, 5.41) is 11.9. The Kier molecular flexibility index (Phi) is 5.23. The van der Waals surface area contributed by atoms with Gasteiger partial charge in [-0.05, 0) is 37.5 Å². The lowest BCUT2D eigenvalue weighted by atomic mass is 9.93. The molecule has 0 aliphatic carbocycles. The lowest BCUT2D eigenvalue weighted by Crippen LogP contribution is -2.42. The maximum absolute atomic E-state index is 12.9. The third-order valence-electron chi connectivity index (χ3n) is 5.53. The first-order valence-electron chi connectivity index (χ1n) is 10.4. The predicted molar refractivity (Wildman–Crippen MR) is 109 cm³/mol. The molecule has 0 radical (unpaired) electrons. The minimum Gasteiger partial charge on any atom is -0.486 e. The van der Waals surface area contributed by atoms with Crippen LogP contribution in [0.15, 0.2) is 18.2 Å². The van der Waals surface area contributed by atoms with Crippen molar-refractivity contribution in [2.45, 2.75) is 65.0 Å². The number of aryl methyl sites for hydroxylation is 1. The molecule has 1 aromatic heterocycles. The van der Waals surface area contributed by atoms with E-state index in [4.69, 9.17) is 9.47 Å². The molecule has 1 amide bonds. The van der Waals surface area contributed by atoms with Gasteiger partial charge in [-0.2, -0.15) is 0 Å². The van der Waals surface area contributed by atoms with E-state index >= 15 is 0 Å². The molecule has 1 aromatic carbocycles. The van der Waals surface area contributed by atoms with Gasteiger partial charge in [0.05, 0.1) is 5.92 Å². The number of benzene rings is 1. The molecule has 7 nitrogen and oxygen atoms in total. The summed E-state index contributed by atoms with van der Waals surface area (Å²) >= 11 is 0. The SMILES string of the molecule is C[C@H](Cc1ccc2c(c1)OCCO2)NC(=O)C1CCc2nnc(C(C)(C)C)n2C1. The summed E-state index contributed by atoms with van der Waals surface area (Å²) in [5.74, 6) is 3.57. The van der Waals surface area contributed by atoms with Crippen molar-refractivity contribution >= 4 is 5.91 Å². The molecule has 7 heteroatoms. The van der Waals surface area contributed by atoms with Crippen molar-refractivity contribution in [3.05, 3.63) is 35.4 Å². The highest BCUT2D eigenvalue weighted by Gasteiger charge is 2.31. The maximum Gasteiger partial charge on any atom is 0.225 e. The van der Waals surface area contributed by atoms with Crippen molar-refractivity contribution < 1.29 is 14.3 Å². The van der Waals surface area contributed by atoms with E-state index in [1.54, 1.807) is 0 Å². The van der Waals surface area contributed by atoms with Gasteiger partial charge >= 0.3 is 0 Å². The first-order valence-corrected chi connectivity index (χ1v) is 10.4. The highest BCUT2D eigenvalue weighted by Crippen LogP contribution is 2.31. The zero-order chi connectivity index (χ0) is 20.6. The number of carbonyl (C=O) groups excluding carboxylic acids is 1. The number of carbonyl (C=O) groups is 1. The average molecular weight is 399 g/mol. The number of hydrogen-bond donors (Lipinski definition) is 1. The van der Waals surface area contributed by atoms with Gasteiger partial charge in [-0.3, -0.25) is 4.79 Å². The molecule has 2 aliphatic rings. The molecule has 2 aromatic rings. The summed E-state index contributed by atoms with van der Waals surface area (Å²) in [5.41, 5.74) is 1.04. The van der Waals surface area contributed by atoms with Gasteiger partial charge in [0.1, 0.15) is 24.9 Å². The minimum atomic E-state index is -0.0882. The first kappa shape index (κ1) is 19.7. The smallest absolute Gasteiger partial charge is 0.225 e. The van der Waals surface area contributed by atoms with Crippen LogP contribution in [0, 0.1) is 5.92 Å². The van der Waals surface area contributed by atoms with Crippen molar-refractivity contribution in [1.82, 2.24) is 20.1 Å². The maximum atomic E-state index is 12.9. The Balaban J connectivity index is 1.38.